The number of carboxylic acids is 2. The first-order chi connectivity index (χ1) is 14.5. The van der Waals surface area contributed by atoms with Gasteiger partial charge in [-0.2, -0.15) is 0 Å². The van der Waals surface area contributed by atoms with Crippen molar-refractivity contribution in [1.29, 1.82) is 0 Å². The van der Waals surface area contributed by atoms with Gasteiger partial charge in [0.2, 0.25) is 5.91 Å². The van der Waals surface area contributed by atoms with Gasteiger partial charge in [-0.3, -0.25) is 19.3 Å². The van der Waals surface area contributed by atoms with E-state index >= 15 is 0 Å². The van der Waals surface area contributed by atoms with Gasteiger partial charge in [-0.05, 0) is 57.0 Å². The van der Waals surface area contributed by atoms with E-state index < -0.39 is 29.8 Å². The van der Waals surface area contributed by atoms with Crippen molar-refractivity contribution in [2.75, 3.05) is 18.4 Å². The van der Waals surface area contributed by atoms with Crippen molar-refractivity contribution in [2.45, 2.75) is 31.7 Å². The number of carboxylic acid groups (broad SMARTS) is 2. The Bertz CT molecular complexity index is 1010. The summed E-state index contributed by atoms with van der Waals surface area (Å²) in [7, 11) is 0. The molecule has 2 aliphatic rings. The second kappa shape index (κ2) is 8.31. The highest BCUT2D eigenvalue weighted by Crippen LogP contribution is 2.33. The molecule has 1 amide bonds. The minimum atomic E-state index is -0.974. The van der Waals surface area contributed by atoms with E-state index in [0.717, 1.165) is 36.8 Å². The van der Waals surface area contributed by atoms with E-state index in [4.69, 9.17) is 0 Å². The summed E-state index contributed by atoms with van der Waals surface area (Å²) in [4.78, 5) is 41.4. The Hall–Kier alpha value is -3.13. The number of amides is 1. The van der Waals surface area contributed by atoms with Gasteiger partial charge >= 0.3 is 11.9 Å². The third-order valence-electron chi connectivity index (χ3n) is 6.10. The zero-order valence-electron chi connectivity index (χ0n) is 16.5. The van der Waals surface area contributed by atoms with Gasteiger partial charge in [-0.25, -0.2) is 0 Å². The summed E-state index contributed by atoms with van der Waals surface area (Å²) in [5.74, 6) is -3.58. The van der Waals surface area contributed by atoms with Gasteiger partial charge in [0.05, 0.1) is 11.8 Å². The molecule has 1 aliphatic carbocycles. The fourth-order valence-electron chi connectivity index (χ4n) is 4.54. The number of likely N-dealkylation sites (tertiary alicyclic amines) is 1. The summed E-state index contributed by atoms with van der Waals surface area (Å²) in [6.07, 6.45) is 8.04. The van der Waals surface area contributed by atoms with Crippen LogP contribution >= 0.6 is 0 Å². The van der Waals surface area contributed by atoms with Crippen LogP contribution in [0.15, 0.2) is 36.5 Å². The molecule has 0 spiro atoms. The molecule has 1 aliphatic heterocycles. The van der Waals surface area contributed by atoms with Crippen molar-refractivity contribution in [3.8, 4) is 0 Å². The van der Waals surface area contributed by atoms with Crippen LogP contribution in [0, 0.1) is 11.8 Å². The van der Waals surface area contributed by atoms with Gasteiger partial charge in [0.15, 0.2) is 0 Å². The lowest BCUT2D eigenvalue weighted by Gasteiger charge is -2.24. The fourth-order valence-corrected chi connectivity index (χ4v) is 4.54. The van der Waals surface area contributed by atoms with E-state index in [1.165, 1.54) is 0 Å². The standard InChI is InChI=1S/C22H25N3O5/c26-20(14-5-1-2-6-15(14)21(27)28)24-13-7-8-18-16(11-13)17(12-23-18)19(22(29)30)25-9-3-4-10-25/h1-2,7-8,11-12,14-15,19,23H,3-6,9-10H2,(H,24,26)(H,27,28)(H,29,30). The minimum Gasteiger partial charge on any atom is -0.481 e. The number of carbonyl (C=O) groups excluding carboxylic acids is 1. The zero-order valence-corrected chi connectivity index (χ0v) is 16.5. The Labute approximate surface area is 173 Å². The van der Waals surface area contributed by atoms with Crippen LogP contribution in [0.2, 0.25) is 0 Å². The zero-order chi connectivity index (χ0) is 21.3. The third kappa shape index (κ3) is 3.82. The number of fused-ring (bicyclic) bond motifs is 1. The van der Waals surface area contributed by atoms with Crippen LogP contribution < -0.4 is 5.32 Å². The third-order valence-corrected chi connectivity index (χ3v) is 6.10. The maximum absolute atomic E-state index is 12.8. The first-order valence-corrected chi connectivity index (χ1v) is 10.2. The second-order valence-corrected chi connectivity index (χ2v) is 7.97. The normalized spacial score (nSPS) is 22.8. The molecule has 2 heterocycles. The maximum atomic E-state index is 12.8. The number of rotatable bonds is 6. The predicted octanol–water partition coefficient (Wildman–Crippen LogP) is 2.99. The van der Waals surface area contributed by atoms with Gasteiger partial charge in [-0.1, -0.05) is 12.2 Å². The van der Waals surface area contributed by atoms with Crippen molar-refractivity contribution in [1.82, 2.24) is 9.88 Å². The Morgan fingerprint density at radius 2 is 1.77 bits per heavy atom. The van der Waals surface area contributed by atoms with Crippen LogP contribution in [-0.2, 0) is 14.4 Å². The van der Waals surface area contributed by atoms with Crippen LogP contribution in [0.4, 0.5) is 5.69 Å². The molecule has 158 valence electrons. The first-order valence-electron chi connectivity index (χ1n) is 10.2. The van der Waals surface area contributed by atoms with Gasteiger partial charge < -0.3 is 20.5 Å². The lowest BCUT2D eigenvalue weighted by molar-refractivity contribution is -0.146. The molecular weight excluding hydrogens is 386 g/mol. The molecule has 4 rings (SSSR count). The van der Waals surface area contributed by atoms with Crippen molar-refractivity contribution in [3.63, 3.8) is 0 Å². The summed E-state index contributed by atoms with van der Waals surface area (Å²) < 4.78 is 0. The smallest absolute Gasteiger partial charge is 0.325 e. The molecule has 1 fully saturated rings. The molecule has 1 saturated heterocycles. The van der Waals surface area contributed by atoms with Crippen LogP contribution in [0.1, 0.15) is 37.3 Å². The molecule has 0 saturated carbocycles. The van der Waals surface area contributed by atoms with E-state index in [1.807, 2.05) is 11.0 Å². The quantitative estimate of drug-likeness (QED) is 0.542. The summed E-state index contributed by atoms with van der Waals surface area (Å²) in [5.41, 5.74) is 1.98. The average Bonchev–Trinajstić information content (AvgIpc) is 3.39. The number of benzene rings is 1. The SMILES string of the molecule is O=C(O)C1CC=CCC1C(=O)Nc1ccc2[nH]cc(C(C(=O)O)N3CCCC3)c2c1. The van der Waals surface area contributed by atoms with E-state index in [2.05, 4.69) is 10.3 Å². The summed E-state index contributed by atoms with van der Waals surface area (Å²) in [6.45, 7) is 1.48. The van der Waals surface area contributed by atoms with E-state index in [0.29, 0.717) is 24.1 Å². The Morgan fingerprint density at radius 1 is 1.07 bits per heavy atom. The topological polar surface area (TPSA) is 123 Å². The van der Waals surface area contributed by atoms with Crippen molar-refractivity contribution in [3.05, 3.63) is 42.1 Å². The van der Waals surface area contributed by atoms with Crippen LogP contribution in [0.3, 0.4) is 0 Å². The summed E-state index contributed by atoms with van der Waals surface area (Å²) in [5, 5.41) is 22.8. The molecule has 1 aromatic heterocycles. The lowest BCUT2D eigenvalue weighted by Crippen LogP contribution is -2.34. The molecule has 0 radical (unpaired) electrons. The number of hydrogen-bond acceptors (Lipinski definition) is 4. The monoisotopic (exact) mass is 411 g/mol. The van der Waals surface area contributed by atoms with Crippen LogP contribution in [-0.4, -0.2) is 51.0 Å². The molecule has 0 bridgehead atoms. The second-order valence-electron chi connectivity index (χ2n) is 7.97. The number of nitrogens with zero attached hydrogens (tertiary/aromatic N) is 1. The highest BCUT2D eigenvalue weighted by atomic mass is 16.4. The molecule has 2 aromatic rings. The highest BCUT2D eigenvalue weighted by Gasteiger charge is 2.34. The molecular formula is C22H25N3O5. The fraction of sp³-hybridized carbons (Fsp3) is 0.409. The average molecular weight is 411 g/mol. The molecule has 3 unspecified atom stereocenters. The molecule has 3 atom stereocenters. The lowest BCUT2D eigenvalue weighted by atomic mass is 9.82. The van der Waals surface area contributed by atoms with Gasteiger partial charge in [0, 0.05) is 28.4 Å². The van der Waals surface area contributed by atoms with Crippen molar-refractivity contribution >= 4 is 34.4 Å². The van der Waals surface area contributed by atoms with E-state index in [9.17, 15) is 24.6 Å². The number of anilines is 1. The van der Waals surface area contributed by atoms with Gasteiger partial charge in [0.25, 0.3) is 0 Å². The van der Waals surface area contributed by atoms with Crippen LogP contribution in [0.5, 0.6) is 0 Å². The Morgan fingerprint density at radius 3 is 2.43 bits per heavy atom. The van der Waals surface area contributed by atoms with Gasteiger partial charge in [-0.15, -0.1) is 0 Å². The number of carbonyl (C=O) groups is 3. The minimum absolute atomic E-state index is 0.336. The van der Waals surface area contributed by atoms with E-state index in [-0.39, 0.29) is 5.91 Å². The Kier molecular flexibility index (Phi) is 5.59. The maximum Gasteiger partial charge on any atom is 0.325 e. The first kappa shape index (κ1) is 20.2. The number of aromatic amines is 1. The number of aromatic nitrogens is 1. The summed E-state index contributed by atoms with van der Waals surface area (Å²) >= 11 is 0. The highest BCUT2D eigenvalue weighted by molar-refractivity contribution is 5.98. The molecule has 8 heteroatoms. The van der Waals surface area contributed by atoms with Crippen LogP contribution in [0.25, 0.3) is 10.9 Å². The van der Waals surface area contributed by atoms with Gasteiger partial charge in [0.1, 0.15) is 6.04 Å². The predicted molar refractivity (Wildman–Crippen MR) is 111 cm³/mol. The molecule has 1 aromatic carbocycles. The number of allylic oxidation sites excluding steroid dienone is 2. The number of hydrogen-bond donors (Lipinski definition) is 4. The largest absolute Gasteiger partial charge is 0.481 e. The van der Waals surface area contributed by atoms with Crippen molar-refractivity contribution < 1.29 is 24.6 Å². The number of aliphatic carboxylic acids is 2. The molecule has 8 nitrogen and oxygen atoms in total. The number of nitrogens with one attached hydrogen (secondary N) is 2. The molecule has 30 heavy (non-hydrogen) atoms. The Balaban J connectivity index is 1.61. The van der Waals surface area contributed by atoms with Crippen molar-refractivity contribution in [2.24, 2.45) is 11.8 Å². The summed E-state index contributed by atoms with van der Waals surface area (Å²) in [6, 6.07) is 4.56. The van der Waals surface area contributed by atoms with E-state index in [1.54, 1.807) is 30.5 Å². The number of H-pyrrole nitrogens is 1. The molecule has 4 N–H and O–H groups in total.